The molecule has 1 amide bonds. The fourth-order valence-corrected chi connectivity index (χ4v) is 4.96. The molecular weight excluding hydrogens is 380 g/mol. The largest absolute Gasteiger partial charge is 0.493 e. The van der Waals surface area contributed by atoms with Gasteiger partial charge in [-0.05, 0) is 55.6 Å². The van der Waals surface area contributed by atoms with Crippen LogP contribution in [0.25, 0.3) is 0 Å². The van der Waals surface area contributed by atoms with Crippen LogP contribution in [0.1, 0.15) is 40.4 Å². The number of likely N-dealkylation sites (tertiary alicyclic amines) is 1. The van der Waals surface area contributed by atoms with Crippen molar-refractivity contribution >= 4 is 5.91 Å². The van der Waals surface area contributed by atoms with Crippen LogP contribution in [0, 0.1) is 0 Å². The summed E-state index contributed by atoms with van der Waals surface area (Å²) >= 11 is 0. The number of likely N-dealkylation sites (N-methyl/N-ethyl adjacent to an activating group) is 1. The van der Waals surface area contributed by atoms with E-state index in [0.717, 1.165) is 19.5 Å². The summed E-state index contributed by atoms with van der Waals surface area (Å²) in [5.74, 6) is 1.40. The van der Waals surface area contributed by atoms with Crippen molar-refractivity contribution in [3.05, 3.63) is 53.1 Å². The Hall–Kier alpha value is -2.73. The minimum Gasteiger partial charge on any atom is -0.493 e. The molecule has 0 bridgehead atoms. The second-order valence-electron chi connectivity index (χ2n) is 7.99. The van der Waals surface area contributed by atoms with Gasteiger partial charge in [-0.15, -0.1) is 0 Å². The van der Waals surface area contributed by atoms with Crippen molar-refractivity contribution in [3.8, 4) is 17.2 Å². The average molecular weight is 411 g/mol. The first-order valence-electron chi connectivity index (χ1n) is 10.5. The fraction of sp³-hybridized carbons (Fsp3) is 0.458. The number of nitrogens with zero attached hydrogens (tertiary/aromatic N) is 2. The second-order valence-corrected chi connectivity index (χ2v) is 7.99. The molecule has 2 aromatic carbocycles. The van der Waals surface area contributed by atoms with Crippen LogP contribution in [0.15, 0.2) is 36.4 Å². The van der Waals surface area contributed by atoms with Crippen LogP contribution in [0.5, 0.6) is 17.2 Å². The molecule has 2 aromatic rings. The molecule has 0 unspecified atom stereocenters. The highest BCUT2D eigenvalue weighted by molar-refractivity contribution is 5.96. The van der Waals surface area contributed by atoms with Gasteiger partial charge in [0.2, 0.25) is 5.75 Å². The molecule has 4 rings (SSSR count). The molecule has 160 valence electrons. The third-order valence-corrected chi connectivity index (χ3v) is 6.43. The van der Waals surface area contributed by atoms with Crippen molar-refractivity contribution in [2.75, 3.05) is 41.5 Å². The number of amides is 1. The molecular formula is C24H30N2O4. The van der Waals surface area contributed by atoms with Gasteiger partial charge < -0.3 is 19.1 Å². The third-order valence-electron chi connectivity index (χ3n) is 6.43. The van der Waals surface area contributed by atoms with E-state index in [0.29, 0.717) is 28.9 Å². The van der Waals surface area contributed by atoms with Gasteiger partial charge in [-0.3, -0.25) is 9.69 Å². The van der Waals surface area contributed by atoms with Gasteiger partial charge in [0.15, 0.2) is 11.5 Å². The van der Waals surface area contributed by atoms with E-state index < -0.39 is 0 Å². The van der Waals surface area contributed by atoms with Crippen molar-refractivity contribution in [3.63, 3.8) is 0 Å². The van der Waals surface area contributed by atoms with Crippen LogP contribution in [-0.4, -0.2) is 63.2 Å². The van der Waals surface area contributed by atoms with E-state index in [4.69, 9.17) is 14.2 Å². The van der Waals surface area contributed by atoms with Crippen LogP contribution in [0.2, 0.25) is 0 Å². The normalized spacial score (nSPS) is 20.7. The maximum absolute atomic E-state index is 13.6. The SMILES string of the molecule is COc1cc(C(=O)N(C)[C@@H]2c3ccccc3C[C@H]2N2CCCC2)cc(OC)c1OC. The summed E-state index contributed by atoms with van der Waals surface area (Å²) in [7, 11) is 6.59. The number of fused-ring (bicyclic) bond motifs is 1. The van der Waals surface area contributed by atoms with Gasteiger partial charge in [0.05, 0.1) is 27.4 Å². The Morgan fingerprint density at radius 2 is 1.63 bits per heavy atom. The number of rotatable bonds is 6. The smallest absolute Gasteiger partial charge is 0.254 e. The minimum atomic E-state index is -0.0554. The Labute approximate surface area is 178 Å². The summed E-state index contributed by atoms with van der Waals surface area (Å²) in [6.07, 6.45) is 3.43. The Kier molecular flexibility index (Phi) is 5.86. The number of hydrogen-bond acceptors (Lipinski definition) is 5. The summed E-state index contributed by atoms with van der Waals surface area (Å²) in [4.78, 5) is 18.0. The van der Waals surface area contributed by atoms with Crippen molar-refractivity contribution in [2.24, 2.45) is 0 Å². The number of benzene rings is 2. The number of methoxy groups -OCH3 is 3. The quantitative estimate of drug-likeness (QED) is 0.729. The molecule has 1 aliphatic carbocycles. The van der Waals surface area contributed by atoms with Gasteiger partial charge in [0.25, 0.3) is 5.91 Å². The van der Waals surface area contributed by atoms with Crippen LogP contribution in [0.3, 0.4) is 0 Å². The average Bonchev–Trinajstić information content (AvgIpc) is 3.44. The third kappa shape index (κ3) is 3.49. The Morgan fingerprint density at radius 3 is 2.23 bits per heavy atom. The molecule has 1 heterocycles. The minimum absolute atomic E-state index is 0.0193. The summed E-state index contributed by atoms with van der Waals surface area (Å²) < 4.78 is 16.3. The predicted molar refractivity (Wildman–Crippen MR) is 116 cm³/mol. The molecule has 1 fully saturated rings. The molecule has 6 nitrogen and oxygen atoms in total. The van der Waals surface area contributed by atoms with E-state index in [-0.39, 0.29) is 11.9 Å². The van der Waals surface area contributed by atoms with E-state index in [1.54, 1.807) is 33.5 Å². The van der Waals surface area contributed by atoms with E-state index in [1.165, 1.54) is 24.0 Å². The van der Waals surface area contributed by atoms with E-state index in [1.807, 2.05) is 11.9 Å². The molecule has 1 saturated heterocycles. The van der Waals surface area contributed by atoms with Gasteiger partial charge >= 0.3 is 0 Å². The lowest BCUT2D eigenvalue weighted by atomic mass is 10.0. The standard InChI is InChI=1S/C24H30N2O4/c1-25(24(27)17-14-20(28-2)23(30-4)21(15-17)29-3)22-18-10-6-5-9-16(18)13-19(22)26-11-7-8-12-26/h5-6,9-10,14-15,19,22H,7-8,11-13H2,1-4H3/t19-,22-/m1/s1. The lowest BCUT2D eigenvalue weighted by molar-refractivity contribution is 0.0624. The summed E-state index contributed by atoms with van der Waals surface area (Å²) in [6, 6.07) is 12.3. The number of carbonyl (C=O) groups excluding carboxylic acids is 1. The highest BCUT2D eigenvalue weighted by atomic mass is 16.5. The van der Waals surface area contributed by atoms with Crippen LogP contribution >= 0.6 is 0 Å². The van der Waals surface area contributed by atoms with E-state index in [9.17, 15) is 4.79 Å². The number of ether oxygens (including phenoxy) is 3. The summed E-state index contributed by atoms with van der Waals surface area (Å²) in [5, 5.41) is 0. The molecule has 0 spiro atoms. The zero-order valence-electron chi connectivity index (χ0n) is 18.2. The maximum atomic E-state index is 13.6. The van der Waals surface area contributed by atoms with Crippen molar-refractivity contribution in [2.45, 2.75) is 31.3 Å². The topological polar surface area (TPSA) is 51.2 Å². The first-order chi connectivity index (χ1) is 14.6. The van der Waals surface area contributed by atoms with Crippen molar-refractivity contribution in [1.29, 1.82) is 0 Å². The first kappa shape index (κ1) is 20.5. The van der Waals surface area contributed by atoms with Crippen LogP contribution in [-0.2, 0) is 6.42 Å². The highest BCUT2D eigenvalue weighted by Crippen LogP contribution is 2.42. The zero-order chi connectivity index (χ0) is 21.3. The number of hydrogen-bond donors (Lipinski definition) is 0. The lowest BCUT2D eigenvalue weighted by Gasteiger charge is -2.35. The Balaban J connectivity index is 1.70. The van der Waals surface area contributed by atoms with Gasteiger partial charge in [-0.25, -0.2) is 0 Å². The fourth-order valence-electron chi connectivity index (χ4n) is 4.96. The van der Waals surface area contributed by atoms with Gasteiger partial charge in [0.1, 0.15) is 0 Å². The Bertz CT molecular complexity index is 898. The molecule has 0 aromatic heterocycles. The maximum Gasteiger partial charge on any atom is 0.254 e. The molecule has 1 aliphatic heterocycles. The first-order valence-corrected chi connectivity index (χ1v) is 10.5. The van der Waals surface area contributed by atoms with E-state index in [2.05, 4.69) is 29.2 Å². The lowest BCUT2D eigenvalue weighted by Crippen LogP contribution is -2.44. The highest BCUT2D eigenvalue weighted by Gasteiger charge is 2.41. The van der Waals surface area contributed by atoms with Crippen LogP contribution < -0.4 is 14.2 Å². The van der Waals surface area contributed by atoms with Gasteiger partial charge in [-0.2, -0.15) is 0 Å². The van der Waals surface area contributed by atoms with Gasteiger partial charge in [0, 0.05) is 18.7 Å². The molecule has 0 radical (unpaired) electrons. The molecule has 2 aliphatic rings. The molecule has 30 heavy (non-hydrogen) atoms. The molecule has 6 heteroatoms. The second kappa shape index (κ2) is 8.56. The summed E-state index contributed by atoms with van der Waals surface area (Å²) in [6.45, 7) is 2.20. The molecule has 0 N–H and O–H groups in total. The zero-order valence-corrected chi connectivity index (χ0v) is 18.2. The Morgan fingerprint density at radius 1 is 1.00 bits per heavy atom. The van der Waals surface area contributed by atoms with Crippen molar-refractivity contribution in [1.82, 2.24) is 9.80 Å². The molecule has 2 atom stereocenters. The summed E-state index contributed by atoms with van der Waals surface area (Å²) in [5.41, 5.74) is 3.11. The number of carbonyl (C=O) groups is 1. The van der Waals surface area contributed by atoms with E-state index >= 15 is 0 Å². The predicted octanol–water partition coefficient (Wildman–Crippen LogP) is 3.55. The monoisotopic (exact) mass is 410 g/mol. The van der Waals surface area contributed by atoms with Crippen LogP contribution in [0.4, 0.5) is 0 Å². The molecule has 0 saturated carbocycles. The van der Waals surface area contributed by atoms with Crippen molar-refractivity contribution < 1.29 is 19.0 Å². The van der Waals surface area contributed by atoms with Gasteiger partial charge in [-0.1, -0.05) is 24.3 Å².